The number of rotatable bonds is 2. The van der Waals surface area contributed by atoms with Crippen LogP contribution < -0.4 is 0 Å². The van der Waals surface area contributed by atoms with Gasteiger partial charge in [-0.25, -0.2) is 4.98 Å². The lowest BCUT2D eigenvalue weighted by Crippen LogP contribution is -2.03. The van der Waals surface area contributed by atoms with E-state index in [1.807, 2.05) is 24.3 Å². The smallest absolute Gasteiger partial charge is 0.166 e. The number of carbonyl (C=O) groups excluding carboxylic acids is 1. The Kier molecular flexibility index (Phi) is 2.58. The standard InChI is InChI=1S/C15H9N3O/c16-9-12-8-11-4-1-2-6-14(11)17-15(12)18-7-3-5-13(18)10-19/h1-8,10H. The molecule has 1 aromatic carbocycles. The fourth-order valence-corrected chi connectivity index (χ4v) is 2.05. The van der Waals surface area contributed by atoms with Crippen molar-refractivity contribution in [3.05, 3.63) is 59.9 Å². The molecule has 0 fully saturated rings. The highest BCUT2D eigenvalue weighted by Crippen LogP contribution is 2.20. The maximum absolute atomic E-state index is 11.0. The summed E-state index contributed by atoms with van der Waals surface area (Å²) in [5.41, 5.74) is 1.71. The Morgan fingerprint density at radius 2 is 2.05 bits per heavy atom. The van der Waals surface area contributed by atoms with Crippen molar-refractivity contribution >= 4 is 17.2 Å². The molecule has 4 nitrogen and oxygen atoms in total. The lowest BCUT2D eigenvalue weighted by molar-refractivity contribution is 0.111. The molecule has 3 aromatic rings. The Hall–Kier alpha value is -2.93. The van der Waals surface area contributed by atoms with E-state index in [0.29, 0.717) is 17.1 Å². The number of fused-ring (bicyclic) bond motifs is 1. The number of nitriles is 1. The lowest BCUT2D eigenvalue weighted by Gasteiger charge is -2.08. The Bertz CT molecular complexity index is 812. The summed E-state index contributed by atoms with van der Waals surface area (Å²) in [6, 6.07) is 14.9. The first kappa shape index (κ1) is 11.2. The number of hydrogen-bond donors (Lipinski definition) is 0. The number of aromatic nitrogens is 2. The summed E-state index contributed by atoms with van der Waals surface area (Å²) in [6.45, 7) is 0. The Balaban J connectivity index is 2.34. The molecule has 0 radical (unpaired) electrons. The third-order valence-corrected chi connectivity index (χ3v) is 2.95. The highest BCUT2D eigenvalue weighted by atomic mass is 16.1. The van der Waals surface area contributed by atoms with Gasteiger partial charge in [0, 0.05) is 11.6 Å². The predicted molar refractivity (Wildman–Crippen MR) is 71.2 cm³/mol. The maximum atomic E-state index is 11.0. The van der Waals surface area contributed by atoms with Gasteiger partial charge in [0.05, 0.1) is 16.8 Å². The van der Waals surface area contributed by atoms with Crippen LogP contribution in [0, 0.1) is 11.3 Å². The third-order valence-electron chi connectivity index (χ3n) is 2.95. The highest BCUT2D eigenvalue weighted by molar-refractivity contribution is 5.82. The van der Waals surface area contributed by atoms with Crippen LogP contribution in [-0.2, 0) is 0 Å². The molecule has 0 unspecified atom stereocenters. The summed E-state index contributed by atoms with van der Waals surface area (Å²) in [7, 11) is 0. The number of carbonyl (C=O) groups is 1. The van der Waals surface area contributed by atoms with E-state index in [1.165, 1.54) is 0 Å². The molecular formula is C15H9N3O. The SMILES string of the molecule is N#Cc1cc2ccccc2nc1-n1cccc1C=O. The van der Waals surface area contributed by atoms with Crippen molar-refractivity contribution in [1.82, 2.24) is 9.55 Å². The predicted octanol–water partition coefficient (Wildman–Crippen LogP) is 2.71. The Morgan fingerprint density at radius 3 is 2.84 bits per heavy atom. The van der Waals surface area contributed by atoms with Crippen molar-refractivity contribution in [2.75, 3.05) is 0 Å². The monoisotopic (exact) mass is 247 g/mol. The molecule has 0 aliphatic heterocycles. The summed E-state index contributed by atoms with van der Waals surface area (Å²) in [5, 5.41) is 10.2. The lowest BCUT2D eigenvalue weighted by atomic mass is 10.1. The number of benzene rings is 1. The largest absolute Gasteiger partial charge is 0.297 e. The van der Waals surface area contributed by atoms with Gasteiger partial charge in [0.15, 0.2) is 12.1 Å². The molecule has 0 atom stereocenters. The van der Waals surface area contributed by atoms with Gasteiger partial charge in [-0.05, 0) is 24.3 Å². The van der Waals surface area contributed by atoms with Gasteiger partial charge in [0.25, 0.3) is 0 Å². The van der Waals surface area contributed by atoms with Gasteiger partial charge in [-0.1, -0.05) is 18.2 Å². The summed E-state index contributed by atoms with van der Waals surface area (Å²) < 4.78 is 1.62. The van der Waals surface area contributed by atoms with Gasteiger partial charge in [0.1, 0.15) is 6.07 Å². The molecule has 3 rings (SSSR count). The summed E-state index contributed by atoms with van der Waals surface area (Å²) in [5.74, 6) is 0.480. The zero-order valence-electron chi connectivity index (χ0n) is 9.95. The van der Waals surface area contributed by atoms with Crippen LogP contribution in [0.1, 0.15) is 16.1 Å². The van der Waals surface area contributed by atoms with Gasteiger partial charge < -0.3 is 0 Å². The minimum absolute atomic E-state index is 0.443. The van der Waals surface area contributed by atoms with Crippen molar-refractivity contribution in [1.29, 1.82) is 5.26 Å². The highest BCUT2D eigenvalue weighted by Gasteiger charge is 2.10. The van der Waals surface area contributed by atoms with Gasteiger partial charge in [-0.15, -0.1) is 0 Å². The average Bonchev–Trinajstić information content (AvgIpc) is 2.94. The molecule has 0 aliphatic carbocycles. The number of aldehydes is 1. The number of para-hydroxylation sites is 1. The van der Waals surface area contributed by atoms with Crippen LogP contribution in [0.3, 0.4) is 0 Å². The molecule has 0 aliphatic rings. The molecule has 90 valence electrons. The van der Waals surface area contributed by atoms with Crippen molar-refractivity contribution in [2.45, 2.75) is 0 Å². The van der Waals surface area contributed by atoms with E-state index in [9.17, 15) is 10.1 Å². The summed E-state index contributed by atoms with van der Waals surface area (Å²) in [6.07, 6.45) is 2.47. The van der Waals surface area contributed by atoms with Crippen LogP contribution in [0.5, 0.6) is 0 Å². The van der Waals surface area contributed by atoms with E-state index in [1.54, 1.807) is 29.0 Å². The van der Waals surface area contributed by atoms with E-state index in [0.717, 1.165) is 17.2 Å². The Morgan fingerprint density at radius 1 is 1.21 bits per heavy atom. The second-order valence-corrected chi connectivity index (χ2v) is 4.08. The topological polar surface area (TPSA) is 58.7 Å². The zero-order valence-corrected chi connectivity index (χ0v) is 9.95. The van der Waals surface area contributed by atoms with E-state index < -0.39 is 0 Å². The zero-order chi connectivity index (χ0) is 13.2. The second-order valence-electron chi connectivity index (χ2n) is 4.08. The Labute approximate surface area is 109 Å². The minimum atomic E-state index is 0.443. The first-order chi connectivity index (χ1) is 9.33. The fourth-order valence-electron chi connectivity index (χ4n) is 2.05. The molecule has 2 aromatic heterocycles. The third kappa shape index (κ3) is 1.78. The van der Waals surface area contributed by atoms with Crippen molar-refractivity contribution < 1.29 is 4.79 Å². The molecule has 4 heteroatoms. The number of nitrogens with zero attached hydrogens (tertiary/aromatic N) is 3. The molecule has 0 amide bonds. The van der Waals surface area contributed by atoms with Crippen LogP contribution in [0.15, 0.2) is 48.7 Å². The van der Waals surface area contributed by atoms with Crippen LogP contribution in [0.25, 0.3) is 16.7 Å². The van der Waals surface area contributed by atoms with E-state index in [-0.39, 0.29) is 0 Å². The average molecular weight is 247 g/mol. The first-order valence-corrected chi connectivity index (χ1v) is 5.76. The molecule has 19 heavy (non-hydrogen) atoms. The fraction of sp³-hybridized carbons (Fsp3) is 0. The molecule has 0 saturated heterocycles. The van der Waals surface area contributed by atoms with Gasteiger partial charge in [-0.3, -0.25) is 9.36 Å². The van der Waals surface area contributed by atoms with Crippen molar-refractivity contribution in [3.63, 3.8) is 0 Å². The van der Waals surface area contributed by atoms with Crippen LogP contribution >= 0.6 is 0 Å². The summed E-state index contributed by atoms with van der Waals surface area (Å²) >= 11 is 0. The van der Waals surface area contributed by atoms with Crippen molar-refractivity contribution in [3.8, 4) is 11.9 Å². The number of pyridine rings is 1. The van der Waals surface area contributed by atoms with Crippen LogP contribution in [-0.4, -0.2) is 15.8 Å². The van der Waals surface area contributed by atoms with Gasteiger partial charge >= 0.3 is 0 Å². The van der Waals surface area contributed by atoms with Gasteiger partial charge in [0.2, 0.25) is 0 Å². The van der Waals surface area contributed by atoms with E-state index in [2.05, 4.69) is 11.1 Å². The first-order valence-electron chi connectivity index (χ1n) is 5.76. The quantitative estimate of drug-likeness (QED) is 0.654. The second kappa shape index (κ2) is 4.39. The minimum Gasteiger partial charge on any atom is -0.297 e. The number of hydrogen-bond acceptors (Lipinski definition) is 3. The molecular weight excluding hydrogens is 238 g/mol. The molecule has 0 spiro atoms. The van der Waals surface area contributed by atoms with Crippen LogP contribution in [0.2, 0.25) is 0 Å². The molecule has 2 heterocycles. The summed E-state index contributed by atoms with van der Waals surface area (Å²) in [4.78, 5) is 15.5. The molecule has 0 N–H and O–H groups in total. The maximum Gasteiger partial charge on any atom is 0.166 e. The molecule has 0 saturated carbocycles. The van der Waals surface area contributed by atoms with Gasteiger partial charge in [-0.2, -0.15) is 5.26 Å². The van der Waals surface area contributed by atoms with E-state index in [4.69, 9.17) is 0 Å². The molecule has 0 bridgehead atoms. The van der Waals surface area contributed by atoms with Crippen molar-refractivity contribution in [2.24, 2.45) is 0 Å². The van der Waals surface area contributed by atoms with E-state index >= 15 is 0 Å². The van der Waals surface area contributed by atoms with Crippen LogP contribution in [0.4, 0.5) is 0 Å². The normalized spacial score (nSPS) is 10.3.